The molecule has 2 fully saturated rings. The molecule has 1 aliphatic carbocycles. The normalized spacial score (nSPS) is 40.7. The van der Waals surface area contributed by atoms with Crippen LogP contribution in [-0.4, -0.2) is 34.8 Å². The van der Waals surface area contributed by atoms with Crippen LogP contribution in [0.1, 0.15) is 52.9 Å². The summed E-state index contributed by atoms with van der Waals surface area (Å²) in [5.41, 5.74) is -0.0717. The Hall–Kier alpha value is 0.270. The van der Waals surface area contributed by atoms with Gasteiger partial charge >= 0.3 is 0 Å². The van der Waals surface area contributed by atoms with Crippen molar-refractivity contribution in [1.82, 2.24) is 5.32 Å². The van der Waals surface area contributed by atoms with Crippen molar-refractivity contribution in [2.75, 3.05) is 18.1 Å². The summed E-state index contributed by atoms with van der Waals surface area (Å²) in [5, 5.41) is 14.3. The zero-order chi connectivity index (χ0) is 13.2. The Balaban J connectivity index is 1.86. The first-order chi connectivity index (χ1) is 8.41. The minimum atomic E-state index is -0.449. The zero-order valence-corrected chi connectivity index (χ0v) is 13.0. The molecule has 0 amide bonds. The second-order valence-electron chi connectivity index (χ2n) is 7.17. The molecule has 1 heterocycles. The summed E-state index contributed by atoms with van der Waals surface area (Å²) in [5.74, 6) is 3.16. The molecule has 3 atom stereocenters. The Morgan fingerprint density at radius 1 is 1.33 bits per heavy atom. The maximum Gasteiger partial charge on any atom is 0.0774 e. The summed E-state index contributed by atoms with van der Waals surface area (Å²) >= 11 is 2.05. The van der Waals surface area contributed by atoms with Crippen LogP contribution in [0.2, 0.25) is 0 Å². The van der Waals surface area contributed by atoms with Gasteiger partial charge in [0.1, 0.15) is 0 Å². The van der Waals surface area contributed by atoms with E-state index in [4.69, 9.17) is 0 Å². The summed E-state index contributed by atoms with van der Waals surface area (Å²) in [7, 11) is 0. The van der Waals surface area contributed by atoms with Crippen molar-refractivity contribution >= 4 is 11.8 Å². The second kappa shape index (κ2) is 5.72. The number of aliphatic hydroxyl groups is 1. The summed E-state index contributed by atoms with van der Waals surface area (Å²) in [6.45, 7) is 7.77. The van der Waals surface area contributed by atoms with E-state index in [1.165, 1.54) is 30.8 Å². The van der Waals surface area contributed by atoms with Crippen LogP contribution in [-0.2, 0) is 0 Å². The molecule has 3 heteroatoms. The highest BCUT2D eigenvalue weighted by atomic mass is 32.2. The molecule has 2 nitrogen and oxygen atoms in total. The number of nitrogens with one attached hydrogen (secondary N) is 1. The third-order valence-electron chi connectivity index (χ3n) is 4.86. The van der Waals surface area contributed by atoms with Gasteiger partial charge in [-0.3, -0.25) is 0 Å². The third-order valence-corrected chi connectivity index (χ3v) is 5.93. The van der Waals surface area contributed by atoms with Crippen LogP contribution in [0.4, 0.5) is 0 Å². The maximum atomic E-state index is 10.7. The fraction of sp³-hybridized carbons (Fsp3) is 1.00. The topological polar surface area (TPSA) is 32.3 Å². The molecule has 1 aliphatic heterocycles. The van der Waals surface area contributed by atoms with Crippen molar-refractivity contribution < 1.29 is 5.11 Å². The van der Waals surface area contributed by atoms with Crippen molar-refractivity contribution in [1.29, 1.82) is 0 Å². The largest absolute Gasteiger partial charge is 0.389 e. The van der Waals surface area contributed by atoms with E-state index in [-0.39, 0.29) is 0 Å². The van der Waals surface area contributed by atoms with Crippen LogP contribution in [0.5, 0.6) is 0 Å². The van der Waals surface area contributed by atoms with Gasteiger partial charge in [-0.15, -0.1) is 0 Å². The Morgan fingerprint density at radius 2 is 2.11 bits per heavy atom. The number of hydrogen-bond acceptors (Lipinski definition) is 3. The highest BCUT2D eigenvalue weighted by Crippen LogP contribution is 2.36. The van der Waals surface area contributed by atoms with Crippen molar-refractivity contribution in [2.24, 2.45) is 11.3 Å². The summed E-state index contributed by atoms with van der Waals surface area (Å²) in [4.78, 5) is 0. The maximum absolute atomic E-state index is 10.7. The molecule has 0 aromatic carbocycles. The lowest BCUT2D eigenvalue weighted by Crippen LogP contribution is -2.53. The molecule has 2 rings (SSSR count). The van der Waals surface area contributed by atoms with Crippen molar-refractivity contribution in [3.05, 3.63) is 0 Å². The lowest BCUT2D eigenvalue weighted by atomic mass is 9.77. The summed E-state index contributed by atoms with van der Waals surface area (Å²) in [6, 6.07) is 0.553. The van der Waals surface area contributed by atoms with Gasteiger partial charge in [-0.1, -0.05) is 33.6 Å². The van der Waals surface area contributed by atoms with Gasteiger partial charge in [0.25, 0.3) is 0 Å². The Morgan fingerprint density at radius 3 is 2.78 bits per heavy atom. The molecule has 2 aliphatic rings. The van der Waals surface area contributed by atoms with Gasteiger partial charge in [0, 0.05) is 18.3 Å². The fourth-order valence-corrected chi connectivity index (χ4v) is 5.02. The van der Waals surface area contributed by atoms with E-state index in [2.05, 4.69) is 26.1 Å². The molecule has 1 saturated heterocycles. The second-order valence-corrected chi connectivity index (χ2v) is 8.32. The highest BCUT2D eigenvalue weighted by molar-refractivity contribution is 7.99. The Bertz CT molecular complexity index is 282. The summed E-state index contributed by atoms with van der Waals surface area (Å²) in [6.07, 6.45) is 5.70. The van der Waals surface area contributed by atoms with Crippen molar-refractivity contribution in [2.45, 2.75) is 64.5 Å². The molecular weight excluding hydrogens is 242 g/mol. The molecular formula is C15H29NOS. The molecule has 0 radical (unpaired) electrons. The number of rotatable bonds is 3. The SMILES string of the molecule is CC1CCCC(O)(CNC2CSCCC2(C)C)C1. The molecule has 0 aromatic heterocycles. The van der Waals surface area contributed by atoms with Crippen LogP contribution < -0.4 is 5.32 Å². The van der Waals surface area contributed by atoms with Crippen LogP contribution in [0.15, 0.2) is 0 Å². The predicted molar refractivity (Wildman–Crippen MR) is 80.1 cm³/mol. The van der Waals surface area contributed by atoms with Gasteiger partial charge in [-0.25, -0.2) is 0 Å². The molecule has 1 saturated carbocycles. The molecule has 3 unspecified atom stereocenters. The standard InChI is InChI=1S/C15H29NOS/c1-12-5-4-6-15(17,9-12)11-16-13-10-18-8-7-14(13,2)3/h12-13,16-17H,4-11H2,1-3H3. The quantitative estimate of drug-likeness (QED) is 0.827. The fourth-order valence-electron chi connectivity index (χ4n) is 3.38. The van der Waals surface area contributed by atoms with Crippen LogP contribution in [0.3, 0.4) is 0 Å². The first-order valence-electron chi connectivity index (χ1n) is 7.45. The van der Waals surface area contributed by atoms with Crippen molar-refractivity contribution in [3.8, 4) is 0 Å². The third kappa shape index (κ3) is 3.64. The van der Waals surface area contributed by atoms with E-state index in [1.54, 1.807) is 0 Å². The Labute approximate surface area is 116 Å². The van der Waals surface area contributed by atoms with Crippen LogP contribution in [0.25, 0.3) is 0 Å². The van der Waals surface area contributed by atoms with Crippen LogP contribution in [0, 0.1) is 11.3 Å². The molecule has 18 heavy (non-hydrogen) atoms. The van der Waals surface area contributed by atoms with Crippen molar-refractivity contribution in [3.63, 3.8) is 0 Å². The first kappa shape index (κ1) is 14.7. The van der Waals surface area contributed by atoms with E-state index in [9.17, 15) is 5.11 Å². The van der Waals surface area contributed by atoms with E-state index in [0.717, 1.165) is 19.4 Å². The monoisotopic (exact) mass is 271 g/mol. The van der Waals surface area contributed by atoms with Gasteiger partial charge in [0.05, 0.1) is 5.60 Å². The average Bonchev–Trinajstić information content (AvgIpc) is 2.26. The number of thioether (sulfide) groups is 1. The summed E-state index contributed by atoms with van der Waals surface area (Å²) < 4.78 is 0. The first-order valence-corrected chi connectivity index (χ1v) is 8.60. The van der Waals surface area contributed by atoms with Crippen LogP contribution >= 0.6 is 11.8 Å². The Kier molecular flexibility index (Phi) is 4.66. The highest BCUT2D eigenvalue weighted by Gasteiger charge is 2.36. The van der Waals surface area contributed by atoms with Gasteiger partial charge in [0.2, 0.25) is 0 Å². The molecule has 106 valence electrons. The lowest BCUT2D eigenvalue weighted by Gasteiger charge is -2.42. The number of hydrogen-bond donors (Lipinski definition) is 2. The van der Waals surface area contributed by atoms with E-state index >= 15 is 0 Å². The molecule has 0 aromatic rings. The lowest BCUT2D eigenvalue weighted by molar-refractivity contribution is -0.0163. The van der Waals surface area contributed by atoms with Gasteiger partial charge in [-0.05, 0) is 36.3 Å². The van der Waals surface area contributed by atoms with E-state index < -0.39 is 5.60 Å². The van der Waals surface area contributed by atoms with Gasteiger partial charge in [0.15, 0.2) is 0 Å². The molecule has 0 spiro atoms. The zero-order valence-electron chi connectivity index (χ0n) is 12.2. The van der Waals surface area contributed by atoms with E-state index in [0.29, 0.717) is 17.4 Å². The van der Waals surface area contributed by atoms with Gasteiger partial charge in [-0.2, -0.15) is 11.8 Å². The molecule has 2 N–H and O–H groups in total. The molecule has 0 bridgehead atoms. The minimum absolute atomic E-state index is 0.377. The minimum Gasteiger partial charge on any atom is -0.389 e. The van der Waals surface area contributed by atoms with Gasteiger partial charge < -0.3 is 10.4 Å². The predicted octanol–water partition coefficient (Wildman–Crippen LogP) is 3.05. The van der Waals surface area contributed by atoms with E-state index in [1.807, 2.05) is 11.8 Å². The average molecular weight is 271 g/mol. The smallest absolute Gasteiger partial charge is 0.0774 e.